The van der Waals surface area contributed by atoms with E-state index >= 15 is 0 Å². The van der Waals surface area contributed by atoms with Crippen molar-refractivity contribution in [1.82, 2.24) is 10.4 Å². The molecule has 1 aromatic rings. The van der Waals surface area contributed by atoms with Gasteiger partial charge < -0.3 is 4.90 Å². The molecule has 1 N–H and O–H groups in total. The van der Waals surface area contributed by atoms with Gasteiger partial charge in [-0.1, -0.05) is 18.2 Å². The molecule has 0 saturated carbocycles. The first-order chi connectivity index (χ1) is 8.58. The molecule has 1 aliphatic rings. The van der Waals surface area contributed by atoms with Crippen LogP contribution >= 0.6 is 0 Å². The minimum Gasteiger partial charge on any atom is -0.368 e. The second-order valence-corrected chi connectivity index (χ2v) is 4.88. The van der Waals surface area contributed by atoms with E-state index in [4.69, 9.17) is 0 Å². The fourth-order valence-corrected chi connectivity index (χ4v) is 2.57. The highest BCUT2D eigenvalue weighted by Gasteiger charge is 2.19. The molecule has 1 heterocycles. The maximum absolute atomic E-state index is 11.0. The lowest BCUT2D eigenvalue weighted by atomic mass is 10.1. The fraction of sp³-hybridized carbons (Fsp3) is 0.500. The Morgan fingerprint density at radius 2 is 1.67 bits per heavy atom. The second kappa shape index (κ2) is 5.40. The monoisotopic (exact) mass is 247 g/mol. The van der Waals surface area contributed by atoms with Crippen molar-refractivity contribution in [1.29, 1.82) is 0 Å². The Labute approximate surface area is 109 Å². The van der Waals surface area contributed by atoms with E-state index in [0.29, 0.717) is 0 Å². The van der Waals surface area contributed by atoms with E-state index < -0.39 is 0 Å². The van der Waals surface area contributed by atoms with Crippen LogP contribution < -0.4 is 10.3 Å². The van der Waals surface area contributed by atoms with E-state index in [0.717, 1.165) is 26.2 Å². The van der Waals surface area contributed by atoms with Crippen molar-refractivity contribution in [3.63, 3.8) is 0 Å². The Bertz CT molecular complexity index is 416. The van der Waals surface area contributed by atoms with Crippen molar-refractivity contribution in [2.45, 2.75) is 20.8 Å². The van der Waals surface area contributed by atoms with Gasteiger partial charge in [0.1, 0.15) is 0 Å². The van der Waals surface area contributed by atoms with Crippen LogP contribution in [0.15, 0.2) is 18.2 Å². The number of rotatable bonds is 2. The van der Waals surface area contributed by atoms with Crippen LogP contribution in [-0.4, -0.2) is 37.1 Å². The molecule has 1 aromatic carbocycles. The number of aryl methyl sites for hydroxylation is 2. The molecule has 0 aromatic heterocycles. The predicted octanol–water partition coefficient (Wildman–Crippen LogP) is 1.48. The molecular formula is C14H21N3O. The minimum absolute atomic E-state index is 0.00974. The van der Waals surface area contributed by atoms with Crippen LogP contribution in [0.25, 0.3) is 0 Å². The van der Waals surface area contributed by atoms with Crippen molar-refractivity contribution < 1.29 is 4.79 Å². The van der Waals surface area contributed by atoms with Crippen molar-refractivity contribution in [2.24, 2.45) is 0 Å². The summed E-state index contributed by atoms with van der Waals surface area (Å²) in [4.78, 5) is 13.4. The lowest BCUT2D eigenvalue weighted by Gasteiger charge is -2.37. The normalized spacial score (nSPS) is 16.7. The number of hydrazine groups is 1. The number of benzene rings is 1. The van der Waals surface area contributed by atoms with Gasteiger partial charge in [0.2, 0.25) is 5.91 Å². The molecule has 0 radical (unpaired) electrons. The summed E-state index contributed by atoms with van der Waals surface area (Å²) in [5.41, 5.74) is 6.84. The third-order valence-electron chi connectivity index (χ3n) is 3.35. The number of carbonyl (C=O) groups is 1. The van der Waals surface area contributed by atoms with Gasteiger partial charge in [0.15, 0.2) is 0 Å². The summed E-state index contributed by atoms with van der Waals surface area (Å²) in [5, 5.41) is 1.99. The number of piperazine rings is 1. The molecular weight excluding hydrogens is 226 g/mol. The van der Waals surface area contributed by atoms with E-state index in [-0.39, 0.29) is 5.91 Å². The van der Waals surface area contributed by atoms with Crippen molar-refractivity contribution in [3.8, 4) is 0 Å². The number of para-hydroxylation sites is 1. The lowest BCUT2D eigenvalue weighted by Crippen LogP contribution is -2.53. The summed E-state index contributed by atoms with van der Waals surface area (Å²) in [5.74, 6) is 0.00974. The molecule has 0 bridgehead atoms. The van der Waals surface area contributed by atoms with Crippen LogP contribution in [0.1, 0.15) is 18.1 Å². The molecule has 0 atom stereocenters. The Morgan fingerprint density at radius 3 is 2.17 bits per heavy atom. The summed E-state index contributed by atoms with van der Waals surface area (Å²) in [6.07, 6.45) is 0. The largest absolute Gasteiger partial charge is 0.368 e. The Balaban J connectivity index is 2.03. The van der Waals surface area contributed by atoms with E-state index in [2.05, 4.69) is 42.4 Å². The van der Waals surface area contributed by atoms with E-state index in [9.17, 15) is 4.79 Å². The first-order valence-electron chi connectivity index (χ1n) is 6.41. The number of nitrogens with one attached hydrogen (secondary N) is 1. The summed E-state index contributed by atoms with van der Waals surface area (Å²) in [6.45, 7) is 9.50. The summed E-state index contributed by atoms with van der Waals surface area (Å²) < 4.78 is 0. The Hall–Kier alpha value is -1.55. The van der Waals surface area contributed by atoms with E-state index in [1.807, 2.05) is 5.01 Å². The Morgan fingerprint density at radius 1 is 1.11 bits per heavy atom. The van der Waals surface area contributed by atoms with Gasteiger partial charge in [0.25, 0.3) is 0 Å². The third kappa shape index (κ3) is 2.82. The maximum atomic E-state index is 11.0. The molecule has 0 spiro atoms. The number of anilines is 1. The average Bonchev–Trinajstić information content (AvgIpc) is 2.30. The van der Waals surface area contributed by atoms with Crippen LogP contribution in [0.5, 0.6) is 0 Å². The van der Waals surface area contributed by atoms with Gasteiger partial charge in [-0.05, 0) is 25.0 Å². The maximum Gasteiger partial charge on any atom is 0.231 e. The van der Waals surface area contributed by atoms with Gasteiger partial charge in [0.05, 0.1) is 0 Å². The fourth-order valence-electron chi connectivity index (χ4n) is 2.57. The molecule has 4 heteroatoms. The third-order valence-corrected chi connectivity index (χ3v) is 3.35. The minimum atomic E-state index is 0.00974. The number of amides is 1. The summed E-state index contributed by atoms with van der Waals surface area (Å²) in [7, 11) is 0. The quantitative estimate of drug-likeness (QED) is 0.860. The highest BCUT2D eigenvalue weighted by atomic mass is 16.2. The smallest absolute Gasteiger partial charge is 0.231 e. The molecule has 0 unspecified atom stereocenters. The summed E-state index contributed by atoms with van der Waals surface area (Å²) in [6, 6.07) is 6.41. The number of hydrogen-bond donors (Lipinski definition) is 1. The molecule has 1 amide bonds. The second-order valence-electron chi connectivity index (χ2n) is 4.88. The van der Waals surface area contributed by atoms with Crippen molar-refractivity contribution >= 4 is 11.6 Å². The molecule has 1 fully saturated rings. The highest BCUT2D eigenvalue weighted by molar-refractivity contribution is 5.72. The van der Waals surface area contributed by atoms with Gasteiger partial charge in [0, 0.05) is 38.8 Å². The molecule has 98 valence electrons. The molecule has 18 heavy (non-hydrogen) atoms. The first-order valence-corrected chi connectivity index (χ1v) is 6.41. The van der Waals surface area contributed by atoms with Gasteiger partial charge in [-0.15, -0.1) is 0 Å². The zero-order valence-electron chi connectivity index (χ0n) is 11.4. The highest BCUT2D eigenvalue weighted by Crippen LogP contribution is 2.25. The van der Waals surface area contributed by atoms with Gasteiger partial charge in [-0.3, -0.25) is 10.2 Å². The first kappa shape index (κ1) is 12.9. The van der Waals surface area contributed by atoms with E-state index in [1.54, 1.807) is 6.92 Å². The number of nitrogens with zero attached hydrogens (tertiary/aromatic N) is 2. The van der Waals surface area contributed by atoms with Crippen molar-refractivity contribution in [2.75, 3.05) is 31.1 Å². The van der Waals surface area contributed by atoms with Crippen LogP contribution in [-0.2, 0) is 4.79 Å². The topological polar surface area (TPSA) is 35.6 Å². The molecule has 2 rings (SSSR count). The van der Waals surface area contributed by atoms with Crippen LogP contribution in [0, 0.1) is 13.8 Å². The molecule has 1 saturated heterocycles. The Kier molecular flexibility index (Phi) is 3.87. The van der Waals surface area contributed by atoms with Crippen LogP contribution in [0.3, 0.4) is 0 Å². The molecule has 0 aliphatic carbocycles. The molecule has 4 nitrogen and oxygen atoms in total. The average molecular weight is 247 g/mol. The van der Waals surface area contributed by atoms with E-state index in [1.165, 1.54) is 16.8 Å². The van der Waals surface area contributed by atoms with Gasteiger partial charge in [-0.25, -0.2) is 5.01 Å². The van der Waals surface area contributed by atoms with Gasteiger partial charge >= 0.3 is 0 Å². The van der Waals surface area contributed by atoms with Crippen LogP contribution in [0.4, 0.5) is 5.69 Å². The molecule has 1 aliphatic heterocycles. The lowest BCUT2D eigenvalue weighted by molar-refractivity contribution is -0.123. The standard InChI is InChI=1S/C14H21N3O/c1-11-5-4-6-12(2)14(11)16-7-9-17(10-8-16)15-13(3)18/h4-6H,7-10H2,1-3H3,(H,15,18). The SMILES string of the molecule is CC(=O)NN1CCN(c2c(C)cccc2C)CC1. The predicted molar refractivity (Wildman–Crippen MR) is 73.5 cm³/mol. The number of carbonyl (C=O) groups excluding carboxylic acids is 1. The van der Waals surface area contributed by atoms with Gasteiger partial charge in [-0.2, -0.15) is 0 Å². The summed E-state index contributed by atoms with van der Waals surface area (Å²) >= 11 is 0. The number of hydrogen-bond acceptors (Lipinski definition) is 3. The zero-order chi connectivity index (χ0) is 13.1. The van der Waals surface area contributed by atoms with Crippen LogP contribution in [0.2, 0.25) is 0 Å². The van der Waals surface area contributed by atoms with Crippen molar-refractivity contribution in [3.05, 3.63) is 29.3 Å². The zero-order valence-corrected chi connectivity index (χ0v) is 11.4.